The standard InChI is InChI=1S/C19H21ClN4O2/c1-13-3-2-4-15(11-13)23-7-9-24(10-8-23)19(26)18(25)22-14-5-6-17(21)16(20)12-14/h2-6,11-12H,7-10,21H2,1H3,(H,22,25). The molecule has 0 radical (unpaired) electrons. The van der Waals surface area contributed by atoms with Crippen molar-refractivity contribution >= 4 is 40.5 Å². The molecule has 0 bridgehead atoms. The van der Waals surface area contributed by atoms with Crippen molar-refractivity contribution in [3.05, 3.63) is 53.1 Å². The molecule has 7 heteroatoms. The van der Waals surface area contributed by atoms with Crippen LogP contribution in [0.1, 0.15) is 5.56 Å². The molecule has 2 aromatic carbocycles. The molecule has 3 N–H and O–H groups in total. The molecule has 1 saturated heterocycles. The molecule has 1 aliphatic rings. The van der Waals surface area contributed by atoms with E-state index in [1.165, 1.54) is 11.6 Å². The Kier molecular flexibility index (Phi) is 5.32. The highest BCUT2D eigenvalue weighted by atomic mass is 35.5. The number of nitrogens with one attached hydrogen (secondary N) is 1. The maximum absolute atomic E-state index is 12.4. The van der Waals surface area contributed by atoms with E-state index in [9.17, 15) is 9.59 Å². The summed E-state index contributed by atoms with van der Waals surface area (Å²) in [6.45, 7) is 4.44. The Bertz CT molecular complexity index is 832. The maximum atomic E-state index is 12.4. The molecule has 2 amide bonds. The first-order valence-corrected chi connectivity index (χ1v) is 8.79. The van der Waals surface area contributed by atoms with Gasteiger partial charge in [-0.05, 0) is 42.8 Å². The molecule has 0 aromatic heterocycles. The highest BCUT2D eigenvalue weighted by Gasteiger charge is 2.26. The molecule has 3 rings (SSSR count). The highest BCUT2D eigenvalue weighted by Crippen LogP contribution is 2.23. The van der Waals surface area contributed by atoms with Crippen molar-refractivity contribution in [3.63, 3.8) is 0 Å². The third-order valence-electron chi connectivity index (χ3n) is 4.39. The van der Waals surface area contributed by atoms with Gasteiger partial charge in [-0.15, -0.1) is 0 Å². The lowest BCUT2D eigenvalue weighted by Crippen LogP contribution is -2.51. The number of carbonyl (C=O) groups is 2. The number of anilines is 3. The minimum Gasteiger partial charge on any atom is -0.398 e. The lowest BCUT2D eigenvalue weighted by Gasteiger charge is -2.35. The Labute approximate surface area is 157 Å². The summed E-state index contributed by atoms with van der Waals surface area (Å²) in [4.78, 5) is 28.4. The van der Waals surface area contributed by atoms with Crippen molar-refractivity contribution in [2.24, 2.45) is 0 Å². The fraction of sp³-hybridized carbons (Fsp3) is 0.263. The van der Waals surface area contributed by atoms with E-state index in [2.05, 4.69) is 35.3 Å². The van der Waals surface area contributed by atoms with Crippen LogP contribution in [0.3, 0.4) is 0 Å². The van der Waals surface area contributed by atoms with Crippen LogP contribution in [0.25, 0.3) is 0 Å². The second-order valence-corrected chi connectivity index (χ2v) is 6.72. The van der Waals surface area contributed by atoms with Crippen molar-refractivity contribution in [2.75, 3.05) is 42.1 Å². The van der Waals surface area contributed by atoms with Crippen LogP contribution in [-0.2, 0) is 9.59 Å². The van der Waals surface area contributed by atoms with Crippen molar-refractivity contribution < 1.29 is 9.59 Å². The van der Waals surface area contributed by atoms with E-state index in [1.807, 2.05) is 6.07 Å². The van der Waals surface area contributed by atoms with Crippen molar-refractivity contribution in [3.8, 4) is 0 Å². The molecule has 0 atom stereocenters. The van der Waals surface area contributed by atoms with Crippen molar-refractivity contribution in [1.29, 1.82) is 0 Å². The Morgan fingerprint density at radius 2 is 1.81 bits per heavy atom. The number of nitrogens with zero attached hydrogens (tertiary/aromatic N) is 2. The summed E-state index contributed by atoms with van der Waals surface area (Å²) in [7, 11) is 0. The van der Waals surface area contributed by atoms with Gasteiger partial charge in [0.25, 0.3) is 0 Å². The largest absolute Gasteiger partial charge is 0.398 e. The van der Waals surface area contributed by atoms with E-state index < -0.39 is 11.8 Å². The highest BCUT2D eigenvalue weighted by molar-refractivity contribution is 6.40. The summed E-state index contributed by atoms with van der Waals surface area (Å²) in [6, 6.07) is 13.0. The van der Waals surface area contributed by atoms with Crippen LogP contribution in [0.2, 0.25) is 5.02 Å². The minimum atomic E-state index is -0.671. The zero-order valence-corrected chi connectivity index (χ0v) is 15.3. The summed E-state index contributed by atoms with van der Waals surface area (Å²) < 4.78 is 0. The molecule has 1 aliphatic heterocycles. The van der Waals surface area contributed by atoms with Crippen LogP contribution >= 0.6 is 11.6 Å². The molecule has 0 unspecified atom stereocenters. The summed E-state index contributed by atoms with van der Waals surface area (Å²) in [6.07, 6.45) is 0. The SMILES string of the molecule is Cc1cccc(N2CCN(C(=O)C(=O)Nc3ccc(N)c(Cl)c3)CC2)c1. The number of benzene rings is 2. The minimum absolute atomic E-state index is 0.335. The van der Waals surface area contributed by atoms with Crippen LogP contribution in [0.15, 0.2) is 42.5 Å². The topological polar surface area (TPSA) is 78.7 Å². The predicted molar refractivity (Wildman–Crippen MR) is 104 cm³/mol. The Balaban J connectivity index is 1.57. The van der Waals surface area contributed by atoms with Gasteiger partial charge >= 0.3 is 11.8 Å². The van der Waals surface area contributed by atoms with Gasteiger partial charge in [0.2, 0.25) is 0 Å². The van der Waals surface area contributed by atoms with E-state index in [0.29, 0.717) is 42.6 Å². The molecule has 0 spiro atoms. The van der Waals surface area contributed by atoms with E-state index in [-0.39, 0.29) is 0 Å². The number of hydrogen-bond acceptors (Lipinski definition) is 4. The van der Waals surface area contributed by atoms with Gasteiger partial charge in [-0.1, -0.05) is 23.7 Å². The first kappa shape index (κ1) is 18.1. The molecular formula is C19H21ClN4O2. The third kappa shape index (κ3) is 4.08. The number of carbonyl (C=O) groups excluding carboxylic acids is 2. The summed E-state index contributed by atoms with van der Waals surface area (Å²) in [5.41, 5.74) is 8.84. The molecule has 0 aliphatic carbocycles. The molecule has 1 fully saturated rings. The van der Waals surface area contributed by atoms with Crippen LogP contribution in [-0.4, -0.2) is 42.9 Å². The molecule has 0 saturated carbocycles. The number of amides is 2. The normalized spacial score (nSPS) is 14.2. The third-order valence-corrected chi connectivity index (χ3v) is 4.71. The van der Waals surface area contributed by atoms with E-state index in [1.54, 1.807) is 17.0 Å². The van der Waals surface area contributed by atoms with Crippen LogP contribution in [0, 0.1) is 6.92 Å². The lowest BCUT2D eigenvalue weighted by molar-refractivity contribution is -0.143. The molecule has 6 nitrogen and oxygen atoms in total. The van der Waals surface area contributed by atoms with Gasteiger partial charge < -0.3 is 20.9 Å². The monoisotopic (exact) mass is 372 g/mol. The van der Waals surface area contributed by atoms with E-state index >= 15 is 0 Å². The van der Waals surface area contributed by atoms with Crippen molar-refractivity contribution in [1.82, 2.24) is 4.90 Å². The van der Waals surface area contributed by atoms with Crippen LogP contribution in [0.4, 0.5) is 17.1 Å². The number of halogens is 1. The zero-order valence-electron chi connectivity index (χ0n) is 14.5. The fourth-order valence-electron chi connectivity index (χ4n) is 2.93. The molecule has 26 heavy (non-hydrogen) atoms. The summed E-state index contributed by atoms with van der Waals surface area (Å²) in [5, 5.41) is 2.91. The smallest absolute Gasteiger partial charge is 0.313 e. The van der Waals surface area contributed by atoms with Gasteiger partial charge in [-0.2, -0.15) is 0 Å². The van der Waals surface area contributed by atoms with Gasteiger partial charge in [-0.25, -0.2) is 0 Å². The second-order valence-electron chi connectivity index (χ2n) is 6.31. The van der Waals surface area contributed by atoms with Crippen LogP contribution in [0.5, 0.6) is 0 Å². The Hall–Kier alpha value is -2.73. The number of nitrogen functional groups attached to an aromatic ring is 1. The first-order valence-electron chi connectivity index (χ1n) is 8.41. The van der Waals surface area contributed by atoms with Gasteiger partial charge in [0.15, 0.2) is 0 Å². The molecule has 1 heterocycles. The van der Waals surface area contributed by atoms with E-state index in [4.69, 9.17) is 17.3 Å². The van der Waals surface area contributed by atoms with Gasteiger partial charge in [0, 0.05) is 37.6 Å². The Morgan fingerprint density at radius 3 is 2.46 bits per heavy atom. The molecule has 2 aromatic rings. The summed E-state index contributed by atoms with van der Waals surface area (Å²) >= 11 is 5.93. The van der Waals surface area contributed by atoms with Gasteiger partial charge in [0.1, 0.15) is 0 Å². The number of aryl methyl sites for hydroxylation is 1. The zero-order chi connectivity index (χ0) is 18.7. The average Bonchev–Trinajstić information content (AvgIpc) is 2.64. The van der Waals surface area contributed by atoms with Gasteiger partial charge in [-0.3, -0.25) is 9.59 Å². The van der Waals surface area contributed by atoms with Gasteiger partial charge in [0.05, 0.1) is 10.7 Å². The van der Waals surface area contributed by atoms with E-state index in [0.717, 1.165) is 5.69 Å². The average molecular weight is 373 g/mol. The molecule has 136 valence electrons. The Morgan fingerprint density at radius 1 is 1.08 bits per heavy atom. The lowest BCUT2D eigenvalue weighted by atomic mass is 10.2. The van der Waals surface area contributed by atoms with Crippen molar-refractivity contribution in [2.45, 2.75) is 6.92 Å². The quantitative estimate of drug-likeness (QED) is 0.627. The number of piperazine rings is 1. The fourth-order valence-corrected chi connectivity index (χ4v) is 3.11. The first-order chi connectivity index (χ1) is 12.4. The number of hydrogen-bond donors (Lipinski definition) is 2. The van der Waals surface area contributed by atoms with Crippen LogP contribution < -0.4 is 16.0 Å². The predicted octanol–water partition coefficient (Wildman–Crippen LogP) is 2.52. The molecular weight excluding hydrogens is 352 g/mol. The maximum Gasteiger partial charge on any atom is 0.313 e. The number of nitrogens with two attached hydrogens (primary N) is 1. The number of rotatable bonds is 2. The summed E-state index contributed by atoms with van der Waals surface area (Å²) in [5.74, 6) is -1.21. The second kappa shape index (κ2) is 7.66.